The molecule has 94 valence electrons. The van der Waals surface area contributed by atoms with Crippen molar-refractivity contribution in [1.82, 2.24) is 4.98 Å². The van der Waals surface area contributed by atoms with E-state index in [4.69, 9.17) is 18.0 Å². The highest BCUT2D eigenvalue weighted by atomic mass is 32.1. The van der Waals surface area contributed by atoms with Gasteiger partial charge in [0.1, 0.15) is 11.6 Å². The van der Waals surface area contributed by atoms with Gasteiger partial charge in [0.2, 0.25) is 0 Å². The number of phenolic OH excluding ortho intramolecular Hbond substituents is 1. The van der Waals surface area contributed by atoms with Crippen molar-refractivity contribution in [2.24, 2.45) is 5.73 Å². The smallest absolute Gasteiger partial charge is 0.136 e. The van der Waals surface area contributed by atoms with Crippen LogP contribution in [-0.4, -0.2) is 28.7 Å². The van der Waals surface area contributed by atoms with E-state index in [0.717, 1.165) is 16.6 Å². The topological polar surface area (TPSA) is 62.4 Å². The fourth-order valence-corrected chi connectivity index (χ4v) is 1.92. The third-order valence-corrected chi connectivity index (χ3v) is 2.99. The van der Waals surface area contributed by atoms with Crippen LogP contribution in [0.5, 0.6) is 5.75 Å². The summed E-state index contributed by atoms with van der Waals surface area (Å²) in [5, 5.41) is 11.5. The molecule has 0 aliphatic carbocycles. The second-order valence-corrected chi connectivity index (χ2v) is 4.70. The average molecular weight is 261 g/mol. The summed E-state index contributed by atoms with van der Waals surface area (Å²) in [5.41, 5.74) is 5.50. The lowest BCUT2D eigenvalue weighted by molar-refractivity contribution is 0.476. The quantitative estimate of drug-likeness (QED) is 0.825. The van der Waals surface area contributed by atoms with Crippen LogP contribution >= 0.6 is 12.2 Å². The summed E-state index contributed by atoms with van der Waals surface area (Å²) in [6.45, 7) is 0.705. The summed E-state index contributed by atoms with van der Waals surface area (Å²) < 4.78 is 0. The zero-order valence-electron chi connectivity index (χ0n) is 10.1. The maximum Gasteiger partial charge on any atom is 0.136 e. The second-order valence-electron chi connectivity index (χ2n) is 4.18. The van der Waals surface area contributed by atoms with Gasteiger partial charge in [0.05, 0.1) is 4.99 Å². The molecule has 0 spiro atoms. The van der Waals surface area contributed by atoms with Gasteiger partial charge in [0.25, 0.3) is 0 Å². The van der Waals surface area contributed by atoms with Crippen LogP contribution in [-0.2, 0) is 0 Å². The Hall–Kier alpha value is -1.88. The zero-order valence-corrected chi connectivity index (χ0v) is 10.9. The van der Waals surface area contributed by atoms with Gasteiger partial charge in [-0.05, 0) is 23.6 Å². The Bertz CT molecular complexity index is 585. The summed E-state index contributed by atoms with van der Waals surface area (Å²) in [7, 11) is 1.93. The zero-order chi connectivity index (χ0) is 13.1. The molecule has 2 rings (SSSR count). The highest BCUT2D eigenvalue weighted by Crippen LogP contribution is 2.27. The summed E-state index contributed by atoms with van der Waals surface area (Å²) in [6, 6.07) is 7.17. The summed E-state index contributed by atoms with van der Waals surface area (Å²) in [4.78, 5) is 6.83. The number of nitrogens with zero attached hydrogens (tertiary/aromatic N) is 2. The lowest BCUT2D eigenvalue weighted by Gasteiger charge is -2.19. The molecule has 0 radical (unpaired) electrons. The Kier molecular flexibility index (Phi) is 3.62. The number of benzene rings is 1. The molecule has 1 aromatic carbocycles. The fourth-order valence-electron chi connectivity index (χ4n) is 1.83. The molecule has 2 aromatic rings. The van der Waals surface area contributed by atoms with Gasteiger partial charge in [-0.1, -0.05) is 18.3 Å². The Morgan fingerprint density at radius 2 is 2.22 bits per heavy atom. The first-order valence-electron chi connectivity index (χ1n) is 5.65. The molecule has 0 fully saturated rings. The maximum atomic E-state index is 9.57. The number of fused-ring (bicyclic) bond motifs is 1. The number of phenols is 1. The Morgan fingerprint density at radius 3 is 2.94 bits per heavy atom. The average Bonchev–Trinajstić information content (AvgIpc) is 2.35. The molecule has 0 aliphatic heterocycles. The molecule has 0 atom stereocenters. The molecule has 1 aromatic heterocycles. The molecular formula is C13H15N3OS. The standard InChI is InChI=1S/C13H15N3OS/c1-16(7-5-12(14)18)13-11-8-10(17)3-2-9(11)4-6-15-13/h2-4,6,8,17H,5,7H2,1H3,(H2,14,18). The van der Waals surface area contributed by atoms with Crippen LogP contribution in [0, 0.1) is 0 Å². The largest absolute Gasteiger partial charge is 0.508 e. The van der Waals surface area contributed by atoms with Gasteiger partial charge < -0.3 is 15.7 Å². The van der Waals surface area contributed by atoms with E-state index in [9.17, 15) is 5.11 Å². The van der Waals surface area contributed by atoms with Crippen LogP contribution in [0.4, 0.5) is 5.82 Å². The van der Waals surface area contributed by atoms with Crippen molar-refractivity contribution in [2.45, 2.75) is 6.42 Å². The minimum absolute atomic E-state index is 0.236. The van der Waals surface area contributed by atoms with Gasteiger partial charge in [-0.2, -0.15) is 0 Å². The van der Waals surface area contributed by atoms with E-state index in [1.807, 2.05) is 24.1 Å². The first-order valence-corrected chi connectivity index (χ1v) is 6.06. The first kappa shape index (κ1) is 12.6. The van der Waals surface area contributed by atoms with Gasteiger partial charge in [0.15, 0.2) is 0 Å². The van der Waals surface area contributed by atoms with Gasteiger partial charge in [-0.3, -0.25) is 0 Å². The normalized spacial score (nSPS) is 10.5. The molecule has 0 aliphatic rings. The second kappa shape index (κ2) is 5.18. The van der Waals surface area contributed by atoms with Crippen LogP contribution in [0.1, 0.15) is 6.42 Å². The summed E-state index contributed by atoms with van der Waals surface area (Å²) in [6.07, 6.45) is 2.40. The molecule has 0 unspecified atom stereocenters. The number of aromatic hydroxyl groups is 1. The van der Waals surface area contributed by atoms with E-state index in [2.05, 4.69) is 4.98 Å². The van der Waals surface area contributed by atoms with E-state index in [1.165, 1.54) is 0 Å². The van der Waals surface area contributed by atoms with E-state index in [-0.39, 0.29) is 5.75 Å². The number of thiocarbonyl (C=S) groups is 1. The SMILES string of the molecule is CN(CCC(N)=S)c1nccc2ccc(O)cc12. The Balaban J connectivity index is 2.37. The van der Waals surface area contributed by atoms with Crippen molar-refractivity contribution in [2.75, 3.05) is 18.5 Å². The van der Waals surface area contributed by atoms with E-state index >= 15 is 0 Å². The number of pyridine rings is 1. The predicted octanol–water partition coefficient (Wildman–Crippen LogP) is 2.05. The minimum atomic E-state index is 0.236. The van der Waals surface area contributed by atoms with Crippen LogP contribution in [0.2, 0.25) is 0 Å². The number of nitrogens with two attached hydrogens (primary N) is 1. The third-order valence-electron chi connectivity index (χ3n) is 2.78. The van der Waals surface area contributed by atoms with Crippen molar-refractivity contribution in [3.05, 3.63) is 30.5 Å². The molecule has 4 nitrogen and oxygen atoms in total. The fraction of sp³-hybridized carbons (Fsp3) is 0.231. The molecule has 18 heavy (non-hydrogen) atoms. The predicted molar refractivity (Wildman–Crippen MR) is 78.1 cm³/mol. The van der Waals surface area contributed by atoms with Gasteiger partial charge >= 0.3 is 0 Å². The molecule has 0 bridgehead atoms. The molecule has 1 heterocycles. The number of hydrogen-bond acceptors (Lipinski definition) is 4. The Labute approximate surface area is 111 Å². The molecular weight excluding hydrogens is 246 g/mol. The minimum Gasteiger partial charge on any atom is -0.508 e. The van der Waals surface area contributed by atoms with Crippen molar-refractivity contribution < 1.29 is 5.11 Å². The molecule has 0 amide bonds. The van der Waals surface area contributed by atoms with Crippen LogP contribution in [0.3, 0.4) is 0 Å². The number of hydrogen-bond donors (Lipinski definition) is 2. The van der Waals surface area contributed by atoms with Crippen LogP contribution in [0.25, 0.3) is 10.8 Å². The van der Waals surface area contributed by atoms with Crippen molar-refractivity contribution in [3.63, 3.8) is 0 Å². The summed E-state index contributed by atoms with van der Waals surface area (Å²) >= 11 is 4.87. The van der Waals surface area contributed by atoms with Crippen molar-refractivity contribution in [3.8, 4) is 5.75 Å². The molecule has 5 heteroatoms. The van der Waals surface area contributed by atoms with Gasteiger partial charge in [-0.15, -0.1) is 0 Å². The van der Waals surface area contributed by atoms with Crippen LogP contribution in [0.15, 0.2) is 30.5 Å². The highest BCUT2D eigenvalue weighted by molar-refractivity contribution is 7.80. The Morgan fingerprint density at radius 1 is 1.44 bits per heavy atom. The van der Waals surface area contributed by atoms with Gasteiger partial charge in [-0.25, -0.2) is 4.98 Å². The maximum absolute atomic E-state index is 9.57. The van der Waals surface area contributed by atoms with Gasteiger partial charge in [0, 0.05) is 31.6 Å². The van der Waals surface area contributed by atoms with Crippen LogP contribution < -0.4 is 10.6 Å². The molecule has 3 N–H and O–H groups in total. The lowest BCUT2D eigenvalue weighted by Crippen LogP contribution is -2.24. The molecule has 0 saturated carbocycles. The van der Waals surface area contributed by atoms with E-state index in [1.54, 1.807) is 18.3 Å². The third kappa shape index (κ3) is 2.68. The van der Waals surface area contributed by atoms with E-state index in [0.29, 0.717) is 18.0 Å². The van der Waals surface area contributed by atoms with Crippen molar-refractivity contribution in [1.29, 1.82) is 0 Å². The summed E-state index contributed by atoms with van der Waals surface area (Å²) in [5.74, 6) is 1.05. The first-order chi connectivity index (χ1) is 8.58. The highest BCUT2D eigenvalue weighted by Gasteiger charge is 2.08. The number of aromatic nitrogens is 1. The molecule has 0 saturated heterocycles. The number of anilines is 1. The monoisotopic (exact) mass is 261 g/mol. The number of rotatable bonds is 4. The van der Waals surface area contributed by atoms with Crippen molar-refractivity contribution >= 4 is 33.8 Å². The van der Waals surface area contributed by atoms with E-state index < -0.39 is 0 Å². The lowest BCUT2D eigenvalue weighted by atomic mass is 10.1.